The van der Waals surface area contributed by atoms with Crippen molar-refractivity contribution in [3.05, 3.63) is 46.9 Å². The van der Waals surface area contributed by atoms with Gasteiger partial charge < -0.3 is 9.47 Å². The lowest BCUT2D eigenvalue weighted by Gasteiger charge is -2.13. The first-order valence-corrected chi connectivity index (χ1v) is 9.53. The van der Waals surface area contributed by atoms with Gasteiger partial charge in [-0.25, -0.2) is 13.2 Å². The Morgan fingerprint density at radius 2 is 1.96 bits per heavy atom. The topological polar surface area (TPSA) is 93.7 Å². The lowest BCUT2D eigenvalue weighted by molar-refractivity contribution is 0.168. The number of methoxy groups -OCH3 is 1. The van der Waals surface area contributed by atoms with Crippen molar-refractivity contribution in [1.82, 2.24) is 0 Å². The van der Waals surface area contributed by atoms with Crippen LogP contribution in [0.2, 0.25) is 0 Å². The first-order chi connectivity index (χ1) is 11.9. The minimum Gasteiger partial charge on any atom is -0.495 e. The number of ether oxygens (including phenoxy) is 2. The van der Waals surface area contributed by atoms with Gasteiger partial charge in [0.05, 0.1) is 24.3 Å². The number of hydrogen-bond donors (Lipinski definition) is 2. The maximum Gasteiger partial charge on any atom is 0.411 e. The molecule has 0 fully saturated rings. The lowest BCUT2D eigenvalue weighted by Crippen LogP contribution is -2.16. The first kappa shape index (κ1) is 19.1. The number of carbonyl (C=O) groups is 1. The van der Waals surface area contributed by atoms with Crippen LogP contribution in [0, 0.1) is 0 Å². The van der Waals surface area contributed by atoms with Crippen LogP contribution in [0.5, 0.6) is 5.75 Å². The summed E-state index contributed by atoms with van der Waals surface area (Å²) < 4.78 is 38.3. The average Bonchev–Trinajstić information content (AvgIpc) is 2.54. The van der Waals surface area contributed by atoms with Crippen molar-refractivity contribution in [3.63, 3.8) is 0 Å². The molecule has 0 heterocycles. The van der Waals surface area contributed by atoms with E-state index < -0.39 is 16.1 Å². The number of amides is 1. The van der Waals surface area contributed by atoms with Gasteiger partial charge in [0, 0.05) is 10.2 Å². The molecule has 0 spiro atoms. The van der Waals surface area contributed by atoms with Crippen LogP contribution in [0.4, 0.5) is 16.2 Å². The Morgan fingerprint density at radius 1 is 1.20 bits per heavy atom. The molecular formula is C16H17BrN2O5S. The minimum atomic E-state index is -3.84. The Balaban J connectivity index is 2.32. The van der Waals surface area contributed by atoms with Crippen molar-refractivity contribution < 1.29 is 22.7 Å². The number of anilines is 2. The Labute approximate surface area is 154 Å². The molecule has 2 N–H and O–H groups in total. The molecule has 2 rings (SSSR count). The van der Waals surface area contributed by atoms with E-state index in [1.165, 1.54) is 25.3 Å². The van der Waals surface area contributed by atoms with Crippen LogP contribution in [0.3, 0.4) is 0 Å². The van der Waals surface area contributed by atoms with Gasteiger partial charge in [0.25, 0.3) is 10.0 Å². The van der Waals surface area contributed by atoms with E-state index in [1.54, 1.807) is 31.2 Å². The number of carbonyl (C=O) groups excluding carboxylic acids is 1. The molecule has 1 amide bonds. The summed E-state index contributed by atoms with van der Waals surface area (Å²) in [6.45, 7) is 1.86. The summed E-state index contributed by atoms with van der Waals surface area (Å²) >= 11 is 3.29. The monoisotopic (exact) mass is 428 g/mol. The Kier molecular flexibility index (Phi) is 6.27. The van der Waals surface area contributed by atoms with Crippen LogP contribution in [0.1, 0.15) is 6.92 Å². The summed E-state index contributed by atoms with van der Waals surface area (Å²) in [5.74, 6) is 0.314. The maximum absolute atomic E-state index is 12.6. The Morgan fingerprint density at radius 3 is 2.60 bits per heavy atom. The van der Waals surface area contributed by atoms with E-state index in [0.29, 0.717) is 11.4 Å². The fourth-order valence-electron chi connectivity index (χ4n) is 2.00. The third kappa shape index (κ3) is 5.10. The molecule has 2 aromatic carbocycles. The van der Waals surface area contributed by atoms with Crippen LogP contribution >= 0.6 is 15.9 Å². The second kappa shape index (κ2) is 8.21. The molecule has 0 aliphatic heterocycles. The predicted molar refractivity (Wildman–Crippen MR) is 98.6 cm³/mol. The molecule has 2 aromatic rings. The van der Waals surface area contributed by atoms with Gasteiger partial charge in [-0.15, -0.1) is 0 Å². The maximum atomic E-state index is 12.6. The Hall–Kier alpha value is -2.26. The van der Waals surface area contributed by atoms with Gasteiger partial charge in [-0.05, 0) is 43.3 Å². The van der Waals surface area contributed by atoms with Gasteiger partial charge in [0.1, 0.15) is 5.75 Å². The Bertz CT molecular complexity index is 871. The number of nitrogens with one attached hydrogen (secondary N) is 2. The zero-order valence-electron chi connectivity index (χ0n) is 13.6. The molecule has 0 saturated heterocycles. The average molecular weight is 429 g/mol. The molecule has 0 aliphatic carbocycles. The molecule has 0 saturated carbocycles. The van der Waals surface area contributed by atoms with Crippen LogP contribution in [0.15, 0.2) is 51.8 Å². The van der Waals surface area contributed by atoms with Gasteiger partial charge in [-0.1, -0.05) is 22.0 Å². The van der Waals surface area contributed by atoms with Crippen LogP contribution < -0.4 is 14.8 Å². The standard InChI is InChI=1S/C16H17BrN2O5S/c1-3-24-16(20)18-14-10-13(7-8-15(14)23-2)25(21,22)19-12-6-4-5-11(17)9-12/h4-10,19H,3H2,1-2H3,(H,18,20). The van der Waals surface area contributed by atoms with Crippen LogP contribution in [-0.4, -0.2) is 28.2 Å². The highest BCUT2D eigenvalue weighted by Gasteiger charge is 2.18. The lowest BCUT2D eigenvalue weighted by atomic mass is 10.3. The van der Waals surface area contributed by atoms with Gasteiger partial charge >= 0.3 is 6.09 Å². The third-order valence-electron chi connectivity index (χ3n) is 3.07. The highest BCUT2D eigenvalue weighted by atomic mass is 79.9. The predicted octanol–water partition coefficient (Wildman–Crippen LogP) is 3.83. The molecule has 0 unspecified atom stereocenters. The van der Waals surface area contributed by atoms with Crippen LogP contribution in [-0.2, 0) is 14.8 Å². The van der Waals surface area contributed by atoms with Crippen molar-refractivity contribution >= 4 is 43.4 Å². The fraction of sp³-hybridized carbons (Fsp3) is 0.188. The van der Waals surface area contributed by atoms with Crippen molar-refractivity contribution in [3.8, 4) is 5.75 Å². The van der Waals surface area contributed by atoms with Crippen LogP contribution in [0.25, 0.3) is 0 Å². The number of hydrogen-bond acceptors (Lipinski definition) is 5. The largest absolute Gasteiger partial charge is 0.495 e. The van der Waals surface area contributed by atoms with E-state index in [-0.39, 0.29) is 17.2 Å². The van der Waals surface area contributed by atoms with Crippen molar-refractivity contribution in [2.75, 3.05) is 23.8 Å². The number of rotatable bonds is 6. The summed E-state index contributed by atoms with van der Waals surface area (Å²) in [7, 11) is -2.43. The zero-order valence-corrected chi connectivity index (χ0v) is 16.0. The second-order valence-corrected chi connectivity index (χ2v) is 7.42. The zero-order chi connectivity index (χ0) is 18.4. The van der Waals surface area contributed by atoms with Crippen molar-refractivity contribution in [2.24, 2.45) is 0 Å². The number of halogens is 1. The van der Waals surface area contributed by atoms with E-state index in [2.05, 4.69) is 26.0 Å². The van der Waals surface area contributed by atoms with Crippen molar-refractivity contribution in [2.45, 2.75) is 11.8 Å². The SMILES string of the molecule is CCOC(=O)Nc1cc(S(=O)(=O)Nc2cccc(Br)c2)ccc1OC. The van der Waals surface area contributed by atoms with E-state index in [0.717, 1.165) is 4.47 Å². The number of sulfonamides is 1. The van der Waals surface area contributed by atoms with E-state index in [9.17, 15) is 13.2 Å². The molecule has 9 heteroatoms. The summed E-state index contributed by atoms with van der Waals surface area (Å²) in [6.07, 6.45) is -0.699. The molecular weight excluding hydrogens is 412 g/mol. The highest BCUT2D eigenvalue weighted by Crippen LogP contribution is 2.29. The summed E-state index contributed by atoms with van der Waals surface area (Å²) in [4.78, 5) is 11.6. The van der Waals surface area contributed by atoms with Crippen molar-refractivity contribution in [1.29, 1.82) is 0 Å². The first-order valence-electron chi connectivity index (χ1n) is 7.26. The summed E-state index contributed by atoms with van der Waals surface area (Å²) in [5, 5.41) is 2.46. The molecule has 0 bridgehead atoms. The third-order valence-corrected chi connectivity index (χ3v) is 4.94. The number of benzene rings is 2. The van der Waals surface area contributed by atoms with E-state index >= 15 is 0 Å². The second-order valence-electron chi connectivity index (χ2n) is 4.82. The molecule has 134 valence electrons. The molecule has 0 radical (unpaired) electrons. The molecule has 0 atom stereocenters. The molecule has 25 heavy (non-hydrogen) atoms. The molecule has 7 nitrogen and oxygen atoms in total. The van der Waals surface area contributed by atoms with E-state index in [4.69, 9.17) is 9.47 Å². The smallest absolute Gasteiger partial charge is 0.411 e. The fourth-order valence-corrected chi connectivity index (χ4v) is 3.47. The van der Waals surface area contributed by atoms with E-state index in [1.807, 2.05) is 0 Å². The summed E-state index contributed by atoms with van der Waals surface area (Å²) in [6, 6.07) is 10.9. The molecule has 0 aliphatic rings. The normalized spacial score (nSPS) is 10.8. The summed E-state index contributed by atoms with van der Waals surface area (Å²) in [5.41, 5.74) is 0.600. The van der Waals surface area contributed by atoms with Gasteiger partial charge in [-0.2, -0.15) is 0 Å². The van der Waals surface area contributed by atoms with Gasteiger partial charge in [0.15, 0.2) is 0 Å². The quantitative estimate of drug-likeness (QED) is 0.728. The minimum absolute atomic E-state index is 0.0277. The molecule has 0 aromatic heterocycles. The van der Waals surface area contributed by atoms with Gasteiger partial charge in [0.2, 0.25) is 0 Å². The highest BCUT2D eigenvalue weighted by molar-refractivity contribution is 9.10. The van der Waals surface area contributed by atoms with Gasteiger partial charge in [-0.3, -0.25) is 10.0 Å².